The Balaban J connectivity index is 1.49. The van der Waals surface area contributed by atoms with Crippen molar-refractivity contribution in [1.29, 1.82) is 0 Å². The van der Waals surface area contributed by atoms with Crippen molar-refractivity contribution in [2.24, 2.45) is 11.8 Å². The zero-order chi connectivity index (χ0) is 15.7. The number of aromatic nitrogens is 1. The molecule has 1 unspecified atom stereocenters. The average Bonchev–Trinajstić information content (AvgIpc) is 3.17. The van der Waals surface area contributed by atoms with Crippen molar-refractivity contribution >= 4 is 0 Å². The first kappa shape index (κ1) is 15.6. The maximum Gasteiger partial charge on any atom is 0.117 e. The molecular formula is C19H28N2O2. The highest BCUT2D eigenvalue weighted by Crippen LogP contribution is 2.41. The van der Waals surface area contributed by atoms with Gasteiger partial charge in [0.25, 0.3) is 0 Å². The standard InChI is InChI=1S/C19H28N2O2/c22-19(16-4-1-2-5-16,17-6-3-9-20-12-17)14-23-18-13-21-10-7-15(18)8-11-21/h3,6,9,12,15-16,18,22H,1-2,4-5,7-8,10-11,13-14H2/t18?,19-/m1/s1. The number of pyridine rings is 1. The van der Waals surface area contributed by atoms with Crippen molar-refractivity contribution in [1.82, 2.24) is 9.88 Å². The van der Waals surface area contributed by atoms with Crippen LogP contribution in [0.4, 0.5) is 0 Å². The fourth-order valence-corrected chi connectivity index (χ4v) is 4.79. The summed E-state index contributed by atoms with van der Waals surface area (Å²) in [6.45, 7) is 3.90. The first-order chi connectivity index (χ1) is 11.3. The van der Waals surface area contributed by atoms with Crippen molar-refractivity contribution in [2.45, 2.75) is 50.2 Å². The molecule has 0 amide bonds. The van der Waals surface area contributed by atoms with Crippen LogP contribution in [0.15, 0.2) is 24.5 Å². The fraction of sp³-hybridized carbons (Fsp3) is 0.737. The topological polar surface area (TPSA) is 45.6 Å². The van der Waals surface area contributed by atoms with E-state index < -0.39 is 5.60 Å². The van der Waals surface area contributed by atoms with Crippen LogP contribution in [0.3, 0.4) is 0 Å². The summed E-state index contributed by atoms with van der Waals surface area (Å²) in [5.41, 5.74) is 0.0460. The summed E-state index contributed by atoms with van der Waals surface area (Å²) < 4.78 is 6.33. The lowest BCUT2D eigenvalue weighted by molar-refractivity contribution is -0.143. The minimum Gasteiger partial charge on any atom is -0.382 e. The largest absolute Gasteiger partial charge is 0.382 e. The molecule has 3 aliphatic heterocycles. The van der Waals surface area contributed by atoms with Crippen LogP contribution in [0.2, 0.25) is 0 Å². The summed E-state index contributed by atoms with van der Waals surface area (Å²) >= 11 is 0. The normalized spacial score (nSPS) is 33.7. The zero-order valence-corrected chi connectivity index (χ0v) is 13.9. The van der Waals surface area contributed by atoms with Crippen molar-refractivity contribution in [3.8, 4) is 0 Å². The van der Waals surface area contributed by atoms with Gasteiger partial charge in [0.15, 0.2) is 0 Å². The van der Waals surface area contributed by atoms with Gasteiger partial charge in [-0.15, -0.1) is 0 Å². The molecule has 0 spiro atoms. The molecule has 0 radical (unpaired) electrons. The molecule has 4 heteroatoms. The van der Waals surface area contributed by atoms with E-state index >= 15 is 0 Å². The van der Waals surface area contributed by atoms with Gasteiger partial charge in [0.2, 0.25) is 0 Å². The van der Waals surface area contributed by atoms with E-state index in [1.165, 1.54) is 38.8 Å². The summed E-state index contributed by atoms with van der Waals surface area (Å²) in [5, 5.41) is 11.5. The highest BCUT2D eigenvalue weighted by atomic mass is 16.5. The Morgan fingerprint density at radius 3 is 2.61 bits per heavy atom. The van der Waals surface area contributed by atoms with Gasteiger partial charge in [0, 0.05) is 24.5 Å². The van der Waals surface area contributed by atoms with Gasteiger partial charge < -0.3 is 14.7 Å². The molecule has 1 saturated carbocycles. The maximum atomic E-state index is 11.5. The summed E-state index contributed by atoms with van der Waals surface area (Å²) in [7, 11) is 0. The Labute approximate surface area is 138 Å². The number of piperidine rings is 3. The van der Waals surface area contributed by atoms with E-state index in [4.69, 9.17) is 4.74 Å². The molecule has 4 nitrogen and oxygen atoms in total. The minimum atomic E-state index is -0.878. The quantitative estimate of drug-likeness (QED) is 0.907. The highest BCUT2D eigenvalue weighted by Gasteiger charge is 2.42. The molecule has 4 aliphatic rings. The molecule has 4 heterocycles. The molecule has 4 fully saturated rings. The lowest BCUT2D eigenvalue weighted by Gasteiger charge is -2.45. The molecule has 23 heavy (non-hydrogen) atoms. The van der Waals surface area contributed by atoms with Crippen LogP contribution >= 0.6 is 0 Å². The first-order valence-electron chi connectivity index (χ1n) is 9.22. The van der Waals surface area contributed by atoms with Crippen molar-refractivity contribution in [3.63, 3.8) is 0 Å². The third kappa shape index (κ3) is 3.04. The Kier molecular flexibility index (Phi) is 4.39. The van der Waals surface area contributed by atoms with Crippen molar-refractivity contribution in [3.05, 3.63) is 30.1 Å². The highest BCUT2D eigenvalue weighted by molar-refractivity contribution is 5.20. The summed E-state index contributed by atoms with van der Waals surface area (Å²) in [5.74, 6) is 0.981. The average molecular weight is 316 g/mol. The van der Waals surface area contributed by atoms with E-state index in [0.717, 1.165) is 24.9 Å². The lowest BCUT2D eigenvalue weighted by atomic mass is 9.81. The molecule has 126 valence electrons. The number of hydrogen-bond donors (Lipinski definition) is 1. The van der Waals surface area contributed by atoms with Crippen LogP contribution < -0.4 is 0 Å². The van der Waals surface area contributed by atoms with Crippen LogP contribution in [0, 0.1) is 11.8 Å². The molecule has 5 rings (SSSR count). The predicted molar refractivity (Wildman–Crippen MR) is 89.0 cm³/mol. The number of aliphatic hydroxyl groups is 1. The third-order valence-electron chi connectivity index (χ3n) is 6.31. The molecular weight excluding hydrogens is 288 g/mol. The maximum absolute atomic E-state index is 11.5. The molecule has 1 aromatic rings. The summed E-state index contributed by atoms with van der Waals surface area (Å²) in [4.78, 5) is 6.73. The predicted octanol–water partition coefficient (Wildman–Crippen LogP) is 2.57. The Hall–Kier alpha value is -0.970. The second kappa shape index (κ2) is 6.50. The fourth-order valence-electron chi connectivity index (χ4n) is 4.79. The van der Waals surface area contributed by atoms with E-state index in [9.17, 15) is 5.11 Å². The Morgan fingerprint density at radius 1 is 1.22 bits per heavy atom. The van der Waals surface area contributed by atoms with E-state index in [-0.39, 0.29) is 0 Å². The molecule has 2 bridgehead atoms. The molecule has 1 N–H and O–H groups in total. The SMILES string of the molecule is O[C@@](COC1CN2CCC1CC2)(c1cccnc1)C1CCCC1. The molecule has 3 saturated heterocycles. The summed E-state index contributed by atoms with van der Waals surface area (Å²) in [6, 6.07) is 3.93. The first-order valence-corrected chi connectivity index (χ1v) is 9.22. The van der Waals surface area contributed by atoms with Gasteiger partial charge in [-0.1, -0.05) is 18.9 Å². The monoisotopic (exact) mass is 316 g/mol. The molecule has 1 aliphatic carbocycles. The van der Waals surface area contributed by atoms with Crippen molar-refractivity contribution < 1.29 is 9.84 Å². The smallest absolute Gasteiger partial charge is 0.117 e. The van der Waals surface area contributed by atoms with Gasteiger partial charge >= 0.3 is 0 Å². The van der Waals surface area contributed by atoms with E-state index in [2.05, 4.69) is 9.88 Å². The van der Waals surface area contributed by atoms with Crippen LogP contribution in [0.25, 0.3) is 0 Å². The van der Waals surface area contributed by atoms with Crippen LogP contribution in [-0.4, -0.2) is 47.3 Å². The Morgan fingerprint density at radius 2 is 2.00 bits per heavy atom. The second-order valence-electron chi connectivity index (χ2n) is 7.63. The number of fused-ring (bicyclic) bond motifs is 3. The second-order valence-corrected chi connectivity index (χ2v) is 7.63. The van der Waals surface area contributed by atoms with Crippen molar-refractivity contribution in [2.75, 3.05) is 26.2 Å². The third-order valence-corrected chi connectivity index (χ3v) is 6.31. The van der Waals surface area contributed by atoms with Gasteiger partial charge in [-0.05, 0) is 56.7 Å². The van der Waals surface area contributed by atoms with E-state index in [1.807, 2.05) is 18.3 Å². The van der Waals surface area contributed by atoms with E-state index in [1.54, 1.807) is 6.20 Å². The van der Waals surface area contributed by atoms with Gasteiger partial charge in [-0.3, -0.25) is 4.98 Å². The van der Waals surface area contributed by atoms with Gasteiger partial charge in [-0.25, -0.2) is 0 Å². The van der Waals surface area contributed by atoms with Gasteiger partial charge in [0.05, 0.1) is 12.7 Å². The molecule has 0 aromatic carbocycles. The minimum absolute atomic E-state index is 0.294. The molecule has 2 atom stereocenters. The number of rotatable bonds is 5. The lowest BCUT2D eigenvalue weighted by Crippen LogP contribution is -2.53. The van der Waals surface area contributed by atoms with Crippen LogP contribution in [0.1, 0.15) is 44.1 Å². The molecule has 1 aromatic heterocycles. The Bertz CT molecular complexity index is 509. The number of ether oxygens (including phenoxy) is 1. The van der Waals surface area contributed by atoms with Crippen LogP contribution in [-0.2, 0) is 10.3 Å². The van der Waals surface area contributed by atoms with Gasteiger partial charge in [0.1, 0.15) is 5.60 Å². The zero-order valence-electron chi connectivity index (χ0n) is 13.9. The summed E-state index contributed by atoms with van der Waals surface area (Å²) in [6.07, 6.45) is 11.0. The number of nitrogens with zero attached hydrogens (tertiary/aromatic N) is 2. The van der Waals surface area contributed by atoms with Crippen LogP contribution in [0.5, 0.6) is 0 Å². The van der Waals surface area contributed by atoms with Gasteiger partial charge in [-0.2, -0.15) is 0 Å². The van der Waals surface area contributed by atoms with E-state index in [0.29, 0.717) is 24.5 Å². The number of hydrogen-bond acceptors (Lipinski definition) is 4.